The molecule has 0 radical (unpaired) electrons. The van der Waals surface area contributed by atoms with Gasteiger partial charge in [-0.2, -0.15) is 0 Å². The quantitative estimate of drug-likeness (QED) is 0.476. The lowest BCUT2D eigenvalue weighted by Crippen LogP contribution is -2.28. The first-order valence-electron chi connectivity index (χ1n) is 9.33. The monoisotopic (exact) mass is 500 g/mol. The zero-order valence-corrected chi connectivity index (χ0v) is 20.3. The molecule has 1 unspecified atom stereocenters. The van der Waals surface area contributed by atoms with E-state index in [0.717, 1.165) is 0 Å². The molecule has 1 heterocycles. The van der Waals surface area contributed by atoms with Crippen LogP contribution >= 0.6 is 23.2 Å². The number of hydrogen-bond donors (Lipinski definition) is 0. The maximum absolute atomic E-state index is 13.5. The van der Waals surface area contributed by atoms with Crippen LogP contribution in [0, 0.1) is 0 Å². The van der Waals surface area contributed by atoms with E-state index in [1.165, 1.54) is 48.8 Å². The van der Waals surface area contributed by atoms with Crippen molar-refractivity contribution in [3.8, 4) is 0 Å². The molecule has 3 rings (SSSR count). The Morgan fingerprint density at radius 2 is 1.55 bits per heavy atom. The largest absolute Gasteiger partial charge is 0.336 e. The van der Waals surface area contributed by atoms with E-state index in [9.17, 15) is 16.8 Å². The summed E-state index contributed by atoms with van der Waals surface area (Å²) in [6, 6.07) is 10.1. The molecule has 0 amide bonds. The average Bonchev–Trinajstić information content (AvgIpc) is 3.20. The van der Waals surface area contributed by atoms with Crippen molar-refractivity contribution < 1.29 is 16.8 Å². The molecule has 6 nitrogen and oxygen atoms in total. The van der Waals surface area contributed by atoms with Gasteiger partial charge in [0.05, 0.1) is 30.9 Å². The standard InChI is InChI=1S/C21H22Cl2N2O4S2/c1-21(2,3)31(28,29)16-6-4-15(5-7-16)20(13-25-11-10-24-14-25)30(26,27)17-8-9-18(22)19(23)12-17/h4-12,14,20H,13H2,1-3H3. The molecule has 1 atom stereocenters. The molecule has 0 fully saturated rings. The Balaban J connectivity index is 2.09. The fraction of sp³-hybridized carbons (Fsp3) is 0.286. The SMILES string of the molecule is CC(C)(C)S(=O)(=O)c1ccc(C(Cn2ccnc2)S(=O)(=O)c2ccc(Cl)c(Cl)c2)cc1. The Morgan fingerprint density at radius 1 is 0.935 bits per heavy atom. The predicted octanol–water partition coefficient (Wildman–Crippen LogP) is 4.98. The number of benzene rings is 2. The van der Waals surface area contributed by atoms with E-state index in [1.807, 2.05) is 0 Å². The van der Waals surface area contributed by atoms with Crippen LogP contribution in [0.1, 0.15) is 31.6 Å². The van der Waals surface area contributed by atoms with E-state index in [2.05, 4.69) is 4.98 Å². The molecule has 0 N–H and O–H groups in total. The zero-order chi connectivity index (χ0) is 23.0. The average molecular weight is 501 g/mol. The molecule has 31 heavy (non-hydrogen) atoms. The second kappa shape index (κ2) is 8.58. The maximum Gasteiger partial charge on any atom is 0.187 e. The third kappa shape index (κ3) is 4.82. The van der Waals surface area contributed by atoms with Gasteiger partial charge >= 0.3 is 0 Å². The Kier molecular flexibility index (Phi) is 6.58. The number of imidazole rings is 1. The summed E-state index contributed by atoms with van der Waals surface area (Å²) in [7, 11) is -7.45. The molecule has 10 heteroatoms. The van der Waals surface area contributed by atoms with Gasteiger partial charge in [0, 0.05) is 18.9 Å². The maximum atomic E-state index is 13.5. The number of rotatable bonds is 6. The minimum Gasteiger partial charge on any atom is -0.336 e. The molecule has 2 aromatic carbocycles. The highest BCUT2D eigenvalue weighted by Crippen LogP contribution is 2.35. The van der Waals surface area contributed by atoms with Crippen molar-refractivity contribution in [3.63, 3.8) is 0 Å². The molecule has 0 saturated heterocycles. The number of aromatic nitrogens is 2. The predicted molar refractivity (Wildman–Crippen MR) is 122 cm³/mol. The first-order chi connectivity index (χ1) is 14.3. The molecule has 0 aliphatic rings. The third-order valence-corrected chi connectivity index (χ3v) is 10.2. The topological polar surface area (TPSA) is 86.1 Å². The minimum absolute atomic E-state index is 0.0263. The summed E-state index contributed by atoms with van der Waals surface area (Å²) in [5.41, 5.74) is 0.452. The molecule has 0 aliphatic heterocycles. The van der Waals surface area contributed by atoms with Crippen LogP contribution in [-0.4, -0.2) is 31.1 Å². The van der Waals surface area contributed by atoms with Gasteiger partial charge in [0.1, 0.15) is 5.25 Å². The van der Waals surface area contributed by atoms with Gasteiger partial charge in [-0.25, -0.2) is 21.8 Å². The van der Waals surface area contributed by atoms with Crippen LogP contribution in [0.2, 0.25) is 10.0 Å². The highest BCUT2D eigenvalue weighted by molar-refractivity contribution is 7.92. The van der Waals surface area contributed by atoms with Gasteiger partial charge < -0.3 is 4.57 Å². The summed E-state index contributed by atoms with van der Waals surface area (Å²) in [5, 5.41) is -0.607. The summed E-state index contributed by atoms with van der Waals surface area (Å²) in [5.74, 6) is 0. The van der Waals surface area contributed by atoms with Crippen molar-refractivity contribution in [1.82, 2.24) is 9.55 Å². The second-order valence-corrected chi connectivity index (χ2v) is 13.7. The van der Waals surface area contributed by atoms with Crippen LogP contribution in [0.15, 0.2) is 71.0 Å². The second-order valence-electron chi connectivity index (χ2n) is 8.05. The van der Waals surface area contributed by atoms with Crippen molar-refractivity contribution in [2.24, 2.45) is 0 Å². The van der Waals surface area contributed by atoms with Gasteiger partial charge in [0.25, 0.3) is 0 Å². The number of nitrogens with zero attached hydrogens (tertiary/aromatic N) is 2. The van der Waals surface area contributed by atoms with Crippen molar-refractivity contribution in [3.05, 3.63) is 76.8 Å². The lowest BCUT2D eigenvalue weighted by atomic mass is 10.1. The van der Waals surface area contributed by atoms with Crippen molar-refractivity contribution in [2.45, 2.75) is 47.1 Å². The first kappa shape index (κ1) is 23.8. The van der Waals surface area contributed by atoms with E-state index in [4.69, 9.17) is 23.2 Å². The highest BCUT2D eigenvalue weighted by atomic mass is 35.5. The number of hydrogen-bond acceptors (Lipinski definition) is 5. The summed E-state index contributed by atoms with van der Waals surface area (Å²) < 4.78 is 53.1. The molecule has 166 valence electrons. The molecule has 0 bridgehead atoms. The summed E-state index contributed by atoms with van der Waals surface area (Å²) in [6.07, 6.45) is 4.74. The van der Waals surface area contributed by atoms with Crippen LogP contribution < -0.4 is 0 Å². The van der Waals surface area contributed by atoms with Crippen LogP contribution in [0.5, 0.6) is 0 Å². The van der Waals surface area contributed by atoms with E-state index in [0.29, 0.717) is 5.56 Å². The van der Waals surface area contributed by atoms with Gasteiger partial charge in [0.15, 0.2) is 19.7 Å². The van der Waals surface area contributed by atoms with Crippen LogP contribution in [0.3, 0.4) is 0 Å². The molecular weight excluding hydrogens is 479 g/mol. The first-order valence-corrected chi connectivity index (χ1v) is 13.1. The summed E-state index contributed by atoms with van der Waals surface area (Å²) >= 11 is 12.0. The van der Waals surface area contributed by atoms with E-state index < -0.39 is 29.7 Å². The molecule has 3 aromatic rings. The Bertz CT molecular complexity index is 1280. The van der Waals surface area contributed by atoms with Crippen molar-refractivity contribution in [1.29, 1.82) is 0 Å². The molecule has 0 spiro atoms. The van der Waals surface area contributed by atoms with E-state index in [1.54, 1.807) is 37.7 Å². The Hall–Kier alpha value is -1.87. The smallest absolute Gasteiger partial charge is 0.187 e. The van der Waals surface area contributed by atoms with Crippen molar-refractivity contribution >= 4 is 42.9 Å². The number of sulfone groups is 2. The summed E-state index contributed by atoms with van der Waals surface area (Å²) in [6.45, 7) is 4.94. The lowest BCUT2D eigenvalue weighted by Gasteiger charge is -2.21. The fourth-order valence-corrected chi connectivity index (χ4v) is 6.32. The Morgan fingerprint density at radius 3 is 2.06 bits per heavy atom. The van der Waals surface area contributed by atoms with Gasteiger partial charge in [-0.1, -0.05) is 35.3 Å². The Labute approximate surface area is 192 Å². The molecular formula is C21H22Cl2N2O4S2. The van der Waals surface area contributed by atoms with Gasteiger partial charge in [-0.3, -0.25) is 0 Å². The molecule has 1 aromatic heterocycles. The van der Waals surface area contributed by atoms with Crippen molar-refractivity contribution in [2.75, 3.05) is 0 Å². The van der Waals surface area contributed by atoms with Crippen LogP contribution in [0.25, 0.3) is 0 Å². The van der Waals surface area contributed by atoms with E-state index in [-0.39, 0.29) is 26.4 Å². The molecule has 0 saturated carbocycles. The highest BCUT2D eigenvalue weighted by Gasteiger charge is 2.33. The zero-order valence-electron chi connectivity index (χ0n) is 17.2. The fourth-order valence-electron chi connectivity index (χ4n) is 3.00. The third-order valence-electron chi connectivity index (χ3n) is 4.90. The summed E-state index contributed by atoms with van der Waals surface area (Å²) in [4.78, 5) is 4.14. The normalized spacial score (nSPS) is 13.8. The number of halogens is 2. The van der Waals surface area contributed by atoms with Gasteiger partial charge in [-0.15, -0.1) is 0 Å². The van der Waals surface area contributed by atoms with Crippen LogP contribution in [-0.2, 0) is 26.2 Å². The lowest BCUT2D eigenvalue weighted by molar-refractivity contribution is 0.559. The van der Waals surface area contributed by atoms with Gasteiger partial charge in [0.2, 0.25) is 0 Å². The van der Waals surface area contributed by atoms with Crippen LogP contribution in [0.4, 0.5) is 0 Å². The minimum atomic E-state index is -3.89. The van der Waals surface area contributed by atoms with E-state index >= 15 is 0 Å². The van der Waals surface area contributed by atoms with Gasteiger partial charge in [-0.05, 0) is 56.7 Å². The molecule has 0 aliphatic carbocycles.